The van der Waals surface area contributed by atoms with Gasteiger partial charge < -0.3 is 5.32 Å². The molecule has 2 rings (SSSR count). The minimum absolute atomic E-state index is 0.0697. The summed E-state index contributed by atoms with van der Waals surface area (Å²) in [7, 11) is -3.77. The zero-order valence-electron chi connectivity index (χ0n) is 14.7. The van der Waals surface area contributed by atoms with Gasteiger partial charge in [0.1, 0.15) is 0 Å². The summed E-state index contributed by atoms with van der Waals surface area (Å²) in [5, 5.41) is 6.31. The Morgan fingerprint density at radius 2 is 1.96 bits per heavy atom. The SMILES string of the molecule is Cc1csc(CCCCNC(=O)[C@H](C)NS(=O)(=O)c2ccc(Cl)cc2)n1. The summed E-state index contributed by atoms with van der Waals surface area (Å²) in [4.78, 5) is 16.5. The van der Waals surface area contributed by atoms with Crippen LogP contribution in [0.4, 0.5) is 0 Å². The van der Waals surface area contributed by atoms with E-state index in [1.54, 1.807) is 11.3 Å². The van der Waals surface area contributed by atoms with Crippen LogP contribution in [0.1, 0.15) is 30.5 Å². The minimum Gasteiger partial charge on any atom is -0.355 e. The number of amides is 1. The van der Waals surface area contributed by atoms with Gasteiger partial charge in [0.05, 0.1) is 15.9 Å². The monoisotopic (exact) mass is 415 g/mol. The first kappa shape index (κ1) is 20.8. The van der Waals surface area contributed by atoms with E-state index in [2.05, 4.69) is 15.0 Å². The fourth-order valence-electron chi connectivity index (χ4n) is 2.25. The summed E-state index contributed by atoms with van der Waals surface area (Å²) < 4.78 is 26.9. The molecule has 2 aromatic rings. The van der Waals surface area contributed by atoms with E-state index in [-0.39, 0.29) is 10.8 Å². The van der Waals surface area contributed by atoms with Crippen LogP contribution in [-0.4, -0.2) is 31.9 Å². The van der Waals surface area contributed by atoms with E-state index >= 15 is 0 Å². The van der Waals surface area contributed by atoms with Crippen molar-refractivity contribution in [2.75, 3.05) is 6.54 Å². The standard InChI is InChI=1S/C17H22ClN3O3S2/c1-12-11-25-16(20-12)5-3-4-10-19-17(22)13(2)21-26(23,24)15-8-6-14(18)7-9-15/h6-9,11,13,21H,3-5,10H2,1-2H3,(H,19,22)/t13-/m0/s1. The van der Waals surface area contributed by atoms with Gasteiger partial charge in [0.15, 0.2) is 0 Å². The van der Waals surface area contributed by atoms with Crippen LogP contribution in [0.2, 0.25) is 5.02 Å². The lowest BCUT2D eigenvalue weighted by Crippen LogP contribution is -2.44. The number of hydrogen-bond acceptors (Lipinski definition) is 5. The van der Waals surface area contributed by atoms with Crippen molar-refractivity contribution in [3.8, 4) is 0 Å². The third-order valence-corrected chi connectivity index (χ3v) is 6.47. The lowest BCUT2D eigenvalue weighted by Gasteiger charge is -2.14. The van der Waals surface area contributed by atoms with E-state index < -0.39 is 16.1 Å². The molecule has 1 aromatic carbocycles. The second-order valence-corrected chi connectivity index (χ2v) is 9.02. The molecular formula is C17H22ClN3O3S2. The van der Waals surface area contributed by atoms with E-state index in [0.717, 1.165) is 30.0 Å². The smallest absolute Gasteiger partial charge is 0.241 e. The number of unbranched alkanes of at least 4 members (excludes halogenated alkanes) is 1. The van der Waals surface area contributed by atoms with Gasteiger partial charge in [0, 0.05) is 22.6 Å². The molecule has 0 bridgehead atoms. The minimum atomic E-state index is -3.77. The third-order valence-electron chi connectivity index (χ3n) is 3.63. The van der Waals surface area contributed by atoms with Crippen LogP contribution in [0, 0.1) is 6.92 Å². The highest BCUT2D eigenvalue weighted by atomic mass is 35.5. The molecular weight excluding hydrogens is 394 g/mol. The maximum absolute atomic E-state index is 12.3. The average Bonchev–Trinajstić information content (AvgIpc) is 2.99. The van der Waals surface area contributed by atoms with Gasteiger partial charge in [0.2, 0.25) is 15.9 Å². The van der Waals surface area contributed by atoms with Gasteiger partial charge in [-0.3, -0.25) is 4.79 Å². The number of aryl methyl sites for hydroxylation is 2. The quantitative estimate of drug-likeness (QED) is 0.616. The van der Waals surface area contributed by atoms with E-state index in [1.165, 1.54) is 31.2 Å². The molecule has 0 aliphatic carbocycles. The lowest BCUT2D eigenvalue weighted by atomic mass is 10.2. The highest BCUT2D eigenvalue weighted by Gasteiger charge is 2.21. The van der Waals surface area contributed by atoms with Gasteiger partial charge in [-0.15, -0.1) is 11.3 Å². The summed E-state index contributed by atoms with van der Waals surface area (Å²) in [5.41, 5.74) is 1.03. The molecule has 142 valence electrons. The number of thiazole rings is 1. The predicted molar refractivity (Wildman–Crippen MR) is 104 cm³/mol. The van der Waals surface area contributed by atoms with Gasteiger partial charge in [-0.25, -0.2) is 13.4 Å². The van der Waals surface area contributed by atoms with Crippen LogP contribution >= 0.6 is 22.9 Å². The molecule has 0 spiro atoms. The van der Waals surface area contributed by atoms with Crippen molar-refractivity contribution in [2.24, 2.45) is 0 Å². The maximum Gasteiger partial charge on any atom is 0.241 e. The molecule has 26 heavy (non-hydrogen) atoms. The second-order valence-electron chi connectivity index (χ2n) is 5.93. The molecule has 1 aromatic heterocycles. The number of sulfonamides is 1. The van der Waals surface area contributed by atoms with Crippen LogP contribution in [0.25, 0.3) is 0 Å². The van der Waals surface area contributed by atoms with Gasteiger partial charge in [-0.05, 0) is 57.4 Å². The van der Waals surface area contributed by atoms with Gasteiger partial charge in [-0.1, -0.05) is 11.6 Å². The number of nitrogens with zero attached hydrogens (tertiary/aromatic N) is 1. The number of nitrogens with one attached hydrogen (secondary N) is 2. The molecule has 1 heterocycles. The Hall–Kier alpha value is -1.48. The van der Waals surface area contributed by atoms with Gasteiger partial charge in [0.25, 0.3) is 0 Å². The van der Waals surface area contributed by atoms with E-state index in [1.807, 2.05) is 12.3 Å². The first-order valence-electron chi connectivity index (χ1n) is 8.24. The number of aromatic nitrogens is 1. The Bertz CT molecular complexity index is 835. The van der Waals surface area contributed by atoms with Crippen LogP contribution in [0.15, 0.2) is 34.5 Å². The zero-order chi connectivity index (χ0) is 19.2. The van der Waals surface area contributed by atoms with Crippen LogP contribution < -0.4 is 10.0 Å². The Morgan fingerprint density at radius 1 is 1.27 bits per heavy atom. The normalized spacial score (nSPS) is 12.7. The number of hydrogen-bond donors (Lipinski definition) is 2. The van der Waals surface area contributed by atoms with Crippen LogP contribution in [0.3, 0.4) is 0 Å². The van der Waals surface area contributed by atoms with Gasteiger partial charge in [-0.2, -0.15) is 4.72 Å². The summed E-state index contributed by atoms with van der Waals surface area (Å²) in [6.45, 7) is 3.98. The van der Waals surface area contributed by atoms with Crippen molar-refractivity contribution in [3.63, 3.8) is 0 Å². The molecule has 0 aliphatic rings. The van der Waals surface area contributed by atoms with E-state index in [4.69, 9.17) is 11.6 Å². The summed E-state index contributed by atoms with van der Waals surface area (Å²) in [5.74, 6) is -0.354. The highest BCUT2D eigenvalue weighted by molar-refractivity contribution is 7.89. The Morgan fingerprint density at radius 3 is 2.58 bits per heavy atom. The molecule has 2 N–H and O–H groups in total. The first-order chi connectivity index (χ1) is 12.3. The van der Waals surface area contributed by atoms with Crippen molar-refractivity contribution < 1.29 is 13.2 Å². The van der Waals surface area contributed by atoms with E-state index in [0.29, 0.717) is 11.6 Å². The first-order valence-corrected chi connectivity index (χ1v) is 11.0. The number of benzene rings is 1. The number of halogens is 1. The molecule has 0 fully saturated rings. The van der Waals surface area contributed by atoms with Crippen molar-refractivity contribution in [3.05, 3.63) is 45.4 Å². The highest BCUT2D eigenvalue weighted by Crippen LogP contribution is 2.14. The molecule has 0 saturated carbocycles. The van der Waals surface area contributed by atoms with Crippen LogP contribution in [0.5, 0.6) is 0 Å². The van der Waals surface area contributed by atoms with Crippen molar-refractivity contribution in [1.29, 1.82) is 0 Å². The average molecular weight is 416 g/mol. The molecule has 9 heteroatoms. The number of rotatable bonds is 9. The molecule has 6 nitrogen and oxygen atoms in total. The Labute approximate surface area is 163 Å². The summed E-state index contributed by atoms with van der Waals surface area (Å²) in [6.07, 6.45) is 2.60. The summed E-state index contributed by atoms with van der Waals surface area (Å²) in [6, 6.07) is 4.91. The molecule has 0 saturated heterocycles. The summed E-state index contributed by atoms with van der Waals surface area (Å²) >= 11 is 7.40. The lowest BCUT2D eigenvalue weighted by molar-refractivity contribution is -0.122. The molecule has 1 amide bonds. The Balaban J connectivity index is 1.73. The van der Waals surface area contributed by atoms with Crippen molar-refractivity contribution in [2.45, 2.75) is 44.0 Å². The molecule has 0 radical (unpaired) electrons. The Kier molecular flexibility index (Phi) is 7.57. The second kappa shape index (κ2) is 9.45. The number of carbonyl (C=O) groups is 1. The van der Waals surface area contributed by atoms with Crippen LogP contribution in [-0.2, 0) is 21.2 Å². The van der Waals surface area contributed by atoms with Crippen molar-refractivity contribution >= 4 is 38.9 Å². The maximum atomic E-state index is 12.3. The van der Waals surface area contributed by atoms with Gasteiger partial charge >= 0.3 is 0 Å². The third kappa shape index (κ3) is 6.35. The number of carbonyl (C=O) groups excluding carboxylic acids is 1. The molecule has 0 unspecified atom stereocenters. The van der Waals surface area contributed by atoms with Crippen molar-refractivity contribution in [1.82, 2.24) is 15.0 Å². The molecule has 0 aliphatic heterocycles. The topological polar surface area (TPSA) is 88.2 Å². The fraction of sp³-hybridized carbons (Fsp3) is 0.412. The largest absolute Gasteiger partial charge is 0.355 e. The fourth-order valence-corrected chi connectivity index (χ4v) is 4.40. The van der Waals surface area contributed by atoms with E-state index in [9.17, 15) is 13.2 Å². The zero-order valence-corrected chi connectivity index (χ0v) is 17.0. The molecule has 1 atom stereocenters. The predicted octanol–water partition coefficient (Wildman–Crippen LogP) is 2.91.